The topological polar surface area (TPSA) is 56.1 Å². The van der Waals surface area contributed by atoms with E-state index >= 15 is 0 Å². The molecule has 1 aromatic heterocycles. The number of carbonyl (C=O) groups is 1. The second-order valence-corrected chi connectivity index (χ2v) is 5.17. The van der Waals surface area contributed by atoms with Crippen LogP contribution in [0.15, 0.2) is 24.3 Å². The van der Waals surface area contributed by atoms with Crippen LogP contribution in [0.4, 0.5) is 0 Å². The van der Waals surface area contributed by atoms with Crippen molar-refractivity contribution in [3.63, 3.8) is 0 Å². The highest BCUT2D eigenvalue weighted by Gasteiger charge is 2.26. The Balaban J connectivity index is 2.08. The van der Waals surface area contributed by atoms with Gasteiger partial charge in [0.2, 0.25) is 0 Å². The lowest BCUT2D eigenvalue weighted by Crippen LogP contribution is -2.25. The van der Waals surface area contributed by atoms with Crippen molar-refractivity contribution < 1.29 is 9.53 Å². The first-order valence-corrected chi connectivity index (χ1v) is 7.26. The zero-order valence-corrected chi connectivity index (χ0v) is 12.3. The molecule has 0 saturated carbocycles. The Morgan fingerprint density at radius 1 is 1.38 bits per heavy atom. The van der Waals surface area contributed by atoms with Crippen molar-refractivity contribution >= 4 is 5.97 Å². The van der Waals surface area contributed by atoms with E-state index in [2.05, 4.69) is 29.5 Å². The fraction of sp³-hybridized carbons (Fsp3) is 0.375. The minimum absolute atomic E-state index is 0.344. The van der Waals surface area contributed by atoms with Gasteiger partial charge in [0, 0.05) is 25.1 Å². The second-order valence-electron chi connectivity index (χ2n) is 5.17. The smallest absolute Gasteiger partial charge is 0.359 e. The molecule has 0 radical (unpaired) electrons. The number of benzene rings is 1. The van der Waals surface area contributed by atoms with Crippen molar-refractivity contribution in [2.75, 3.05) is 13.2 Å². The zero-order chi connectivity index (χ0) is 14.8. The molecule has 21 heavy (non-hydrogen) atoms. The van der Waals surface area contributed by atoms with Gasteiger partial charge in [0.25, 0.3) is 0 Å². The lowest BCUT2D eigenvalue weighted by atomic mass is 10.1. The van der Waals surface area contributed by atoms with Crippen LogP contribution in [0.2, 0.25) is 0 Å². The summed E-state index contributed by atoms with van der Waals surface area (Å²) in [6.45, 7) is 5.77. The highest BCUT2D eigenvalue weighted by atomic mass is 16.5. The van der Waals surface area contributed by atoms with Gasteiger partial charge in [0.15, 0.2) is 5.69 Å². The number of aryl methyl sites for hydroxylation is 1. The number of rotatable bonds is 3. The summed E-state index contributed by atoms with van der Waals surface area (Å²) in [5.74, 6) is -0.344. The van der Waals surface area contributed by atoms with Crippen LogP contribution in [-0.4, -0.2) is 28.9 Å². The Hall–Kier alpha value is -2.14. The number of nitrogens with zero attached hydrogens (tertiary/aromatic N) is 2. The van der Waals surface area contributed by atoms with Crippen LogP contribution in [0.25, 0.3) is 5.69 Å². The molecule has 0 atom stereocenters. The minimum atomic E-state index is -0.344. The number of ether oxygens (including phenoxy) is 1. The van der Waals surface area contributed by atoms with Crippen molar-refractivity contribution in [3.8, 4) is 5.69 Å². The van der Waals surface area contributed by atoms with Gasteiger partial charge in [0.1, 0.15) is 0 Å². The lowest BCUT2D eigenvalue weighted by molar-refractivity contribution is 0.0517. The summed E-state index contributed by atoms with van der Waals surface area (Å²) in [4.78, 5) is 12.1. The molecule has 0 spiro atoms. The molecule has 1 aliphatic heterocycles. The number of esters is 1. The fourth-order valence-corrected chi connectivity index (χ4v) is 2.61. The molecule has 0 saturated heterocycles. The SMILES string of the molecule is CCOC(=O)c1nn(-c2ccc(C)cc2)c2c1CNCC2. The third kappa shape index (κ3) is 2.56. The lowest BCUT2D eigenvalue weighted by Gasteiger charge is -2.15. The molecule has 2 heterocycles. The van der Waals surface area contributed by atoms with E-state index in [-0.39, 0.29) is 5.97 Å². The van der Waals surface area contributed by atoms with Crippen molar-refractivity contribution in [1.29, 1.82) is 0 Å². The fourth-order valence-electron chi connectivity index (χ4n) is 2.61. The minimum Gasteiger partial charge on any atom is -0.461 e. The molecule has 0 bridgehead atoms. The first kappa shape index (κ1) is 13.8. The number of carbonyl (C=O) groups excluding carboxylic acids is 1. The monoisotopic (exact) mass is 285 g/mol. The molecule has 1 aliphatic rings. The van der Waals surface area contributed by atoms with E-state index in [1.165, 1.54) is 5.56 Å². The summed E-state index contributed by atoms with van der Waals surface area (Å²) >= 11 is 0. The number of fused-ring (bicyclic) bond motifs is 1. The molecule has 110 valence electrons. The normalized spacial score (nSPS) is 13.8. The number of nitrogens with one attached hydrogen (secondary N) is 1. The second kappa shape index (κ2) is 5.69. The maximum atomic E-state index is 12.1. The van der Waals surface area contributed by atoms with Gasteiger partial charge in [-0.3, -0.25) is 0 Å². The standard InChI is InChI=1S/C16H19N3O2/c1-3-21-16(20)15-13-10-17-9-8-14(13)19(18-15)12-6-4-11(2)5-7-12/h4-7,17H,3,8-10H2,1-2H3. The summed E-state index contributed by atoms with van der Waals surface area (Å²) in [5.41, 5.74) is 4.67. The molecule has 1 N–H and O–H groups in total. The van der Waals surface area contributed by atoms with Crippen LogP contribution in [0.1, 0.15) is 34.2 Å². The van der Waals surface area contributed by atoms with Crippen LogP contribution in [0.3, 0.4) is 0 Å². The van der Waals surface area contributed by atoms with Crippen LogP contribution in [-0.2, 0) is 17.7 Å². The van der Waals surface area contributed by atoms with E-state index in [0.29, 0.717) is 18.8 Å². The van der Waals surface area contributed by atoms with Crippen molar-refractivity contribution in [3.05, 3.63) is 46.8 Å². The predicted molar refractivity (Wildman–Crippen MR) is 79.7 cm³/mol. The maximum absolute atomic E-state index is 12.1. The zero-order valence-electron chi connectivity index (χ0n) is 12.3. The molecule has 0 fully saturated rings. The quantitative estimate of drug-likeness (QED) is 0.876. The van der Waals surface area contributed by atoms with E-state index in [1.54, 1.807) is 6.92 Å². The third-order valence-corrected chi connectivity index (χ3v) is 3.68. The maximum Gasteiger partial charge on any atom is 0.359 e. The van der Waals surface area contributed by atoms with Gasteiger partial charge in [-0.25, -0.2) is 9.48 Å². The van der Waals surface area contributed by atoms with Gasteiger partial charge in [-0.2, -0.15) is 5.10 Å². The third-order valence-electron chi connectivity index (χ3n) is 3.68. The van der Waals surface area contributed by atoms with Crippen LogP contribution < -0.4 is 5.32 Å². The summed E-state index contributed by atoms with van der Waals surface area (Å²) in [6.07, 6.45) is 0.857. The highest BCUT2D eigenvalue weighted by molar-refractivity contribution is 5.89. The van der Waals surface area contributed by atoms with E-state index in [9.17, 15) is 4.79 Å². The number of hydrogen-bond donors (Lipinski definition) is 1. The molecule has 2 aromatic rings. The van der Waals surface area contributed by atoms with Gasteiger partial charge in [-0.15, -0.1) is 0 Å². The first-order valence-electron chi connectivity index (χ1n) is 7.26. The number of hydrogen-bond acceptors (Lipinski definition) is 4. The molecule has 0 unspecified atom stereocenters. The Bertz CT molecular complexity index is 659. The summed E-state index contributed by atoms with van der Waals surface area (Å²) in [5, 5.41) is 7.80. The van der Waals surface area contributed by atoms with Gasteiger partial charge >= 0.3 is 5.97 Å². The van der Waals surface area contributed by atoms with Gasteiger partial charge in [0.05, 0.1) is 18.0 Å². The summed E-state index contributed by atoms with van der Waals surface area (Å²) < 4.78 is 7.00. The van der Waals surface area contributed by atoms with Gasteiger partial charge in [-0.05, 0) is 26.0 Å². The molecular weight excluding hydrogens is 266 g/mol. The van der Waals surface area contributed by atoms with Crippen LogP contribution in [0, 0.1) is 6.92 Å². The molecule has 3 rings (SSSR count). The molecule has 5 nitrogen and oxygen atoms in total. The Morgan fingerprint density at radius 2 is 2.14 bits per heavy atom. The van der Waals surface area contributed by atoms with Crippen molar-refractivity contribution in [2.45, 2.75) is 26.8 Å². The molecule has 0 amide bonds. The van der Waals surface area contributed by atoms with E-state index < -0.39 is 0 Å². The largest absolute Gasteiger partial charge is 0.461 e. The molecule has 5 heteroatoms. The summed E-state index contributed by atoms with van der Waals surface area (Å²) in [7, 11) is 0. The average molecular weight is 285 g/mol. The van der Waals surface area contributed by atoms with Crippen molar-refractivity contribution in [1.82, 2.24) is 15.1 Å². The molecule has 0 aliphatic carbocycles. The Kier molecular flexibility index (Phi) is 3.75. The Labute approximate surface area is 123 Å². The molecular formula is C16H19N3O2. The average Bonchev–Trinajstić information content (AvgIpc) is 2.88. The first-order chi connectivity index (χ1) is 10.2. The number of aromatic nitrogens is 2. The van der Waals surface area contributed by atoms with Crippen LogP contribution in [0.5, 0.6) is 0 Å². The summed E-state index contributed by atoms with van der Waals surface area (Å²) in [6, 6.07) is 8.15. The Morgan fingerprint density at radius 3 is 2.86 bits per heavy atom. The van der Waals surface area contributed by atoms with Crippen molar-refractivity contribution in [2.24, 2.45) is 0 Å². The highest BCUT2D eigenvalue weighted by Crippen LogP contribution is 2.23. The predicted octanol–water partition coefficient (Wildman–Crippen LogP) is 2.00. The van der Waals surface area contributed by atoms with E-state index in [1.807, 2.05) is 16.8 Å². The van der Waals surface area contributed by atoms with Gasteiger partial charge in [-0.1, -0.05) is 17.7 Å². The molecule has 1 aromatic carbocycles. The van der Waals surface area contributed by atoms with Gasteiger partial charge < -0.3 is 10.1 Å². The van der Waals surface area contributed by atoms with E-state index in [4.69, 9.17) is 4.74 Å². The van der Waals surface area contributed by atoms with Crippen LogP contribution >= 0.6 is 0 Å². The van der Waals surface area contributed by atoms with E-state index in [0.717, 1.165) is 29.9 Å².